The van der Waals surface area contributed by atoms with Crippen LogP contribution in [-0.2, 0) is 4.84 Å². The zero-order valence-electron chi connectivity index (χ0n) is 18.5. The van der Waals surface area contributed by atoms with Gasteiger partial charge in [0, 0.05) is 16.0 Å². The highest BCUT2D eigenvalue weighted by molar-refractivity contribution is 7.12. The maximum Gasteiger partial charge on any atom is 0.170 e. The molecule has 0 unspecified atom stereocenters. The second-order valence-electron chi connectivity index (χ2n) is 7.71. The van der Waals surface area contributed by atoms with Gasteiger partial charge in [-0.25, -0.2) is 4.98 Å². The molecule has 2 N–H and O–H groups in total. The Hall–Kier alpha value is -2.86. The molecule has 0 spiro atoms. The first-order chi connectivity index (χ1) is 15.0. The van der Waals surface area contributed by atoms with Gasteiger partial charge in [0.15, 0.2) is 5.84 Å². The number of benzene rings is 2. The molecule has 2 aromatic carbocycles. The van der Waals surface area contributed by atoms with Crippen LogP contribution in [0, 0.1) is 6.92 Å². The third kappa shape index (κ3) is 6.82. The lowest BCUT2D eigenvalue weighted by Crippen LogP contribution is -2.13. The second kappa shape index (κ2) is 11.5. The first kappa shape index (κ1) is 22.8. The van der Waals surface area contributed by atoms with E-state index in [1.807, 2.05) is 42.5 Å². The maximum atomic E-state index is 5.90. The third-order valence-corrected chi connectivity index (χ3v) is 6.06. The number of amidine groups is 1. The molecule has 3 rings (SSSR count). The minimum atomic E-state index is 0.403. The van der Waals surface area contributed by atoms with E-state index in [0.29, 0.717) is 25.0 Å². The monoisotopic (exact) mass is 437 g/mol. The molecule has 0 aliphatic carbocycles. The second-order valence-corrected chi connectivity index (χ2v) is 8.94. The number of unbranched alkanes of at least 4 members (excludes halogenated alkanes) is 2. The fourth-order valence-electron chi connectivity index (χ4n) is 3.16. The smallest absolute Gasteiger partial charge is 0.170 e. The summed E-state index contributed by atoms with van der Waals surface area (Å²) in [4.78, 5) is 11.4. The van der Waals surface area contributed by atoms with E-state index < -0.39 is 0 Å². The topological polar surface area (TPSA) is 69.7 Å². The van der Waals surface area contributed by atoms with Gasteiger partial charge in [0.05, 0.1) is 17.3 Å². The summed E-state index contributed by atoms with van der Waals surface area (Å²) in [6, 6.07) is 17.9. The molecule has 0 radical (unpaired) electrons. The minimum Gasteiger partial charge on any atom is -0.494 e. The van der Waals surface area contributed by atoms with Crippen molar-refractivity contribution in [2.24, 2.45) is 10.9 Å². The Labute approximate surface area is 188 Å². The van der Waals surface area contributed by atoms with Crippen molar-refractivity contribution in [3.05, 3.63) is 70.0 Å². The molecule has 0 fully saturated rings. The Bertz CT molecular complexity index is 966. The van der Waals surface area contributed by atoms with Crippen LogP contribution >= 0.6 is 11.3 Å². The molecule has 0 aliphatic rings. The lowest BCUT2D eigenvalue weighted by Gasteiger charge is -2.08. The maximum absolute atomic E-state index is 5.90. The predicted molar refractivity (Wildman–Crippen MR) is 129 cm³/mol. The van der Waals surface area contributed by atoms with E-state index >= 15 is 0 Å². The van der Waals surface area contributed by atoms with Crippen molar-refractivity contribution in [3.63, 3.8) is 0 Å². The number of nitrogens with two attached hydrogens (primary N) is 1. The van der Waals surface area contributed by atoms with E-state index in [1.165, 1.54) is 4.88 Å². The molecule has 3 aromatic rings. The fourth-order valence-corrected chi connectivity index (χ4v) is 4.11. The van der Waals surface area contributed by atoms with Crippen LogP contribution in [0.15, 0.2) is 59.8 Å². The lowest BCUT2D eigenvalue weighted by atomic mass is 10.1. The van der Waals surface area contributed by atoms with Gasteiger partial charge in [-0.15, -0.1) is 11.3 Å². The van der Waals surface area contributed by atoms with Crippen LogP contribution in [0.5, 0.6) is 5.75 Å². The van der Waals surface area contributed by atoms with Crippen LogP contribution in [0.2, 0.25) is 0 Å². The van der Waals surface area contributed by atoms with Crippen molar-refractivity contribution in [1.29, 1.82) is 0 Å². The number of thiazole rings is 1. The number of aryl methyl sites for hydroxylation is 1. The largest absolute Gasteiger partial charge is 0.494 e. The standard InChI is InChI=1S/C25H31N3O2S/c1-18(2)24-23(27-19(3)31-24)20-12-14-22(15-13-20)29-16-8-5-9-17-30-28-25(26)21-10-6-4-7-11-21/h4,6-7,10-15,18H,5,8-9,16-17H2,1-3H3,(H2,26,28). The van der Waals surface area contributed by atoms with E-state index in [-0.39, 0.29) is 0 Å². The molecule has 0 saturated carbocycles. The molecule has 6 heteroatoms. The normalized spacial score (nSPS) is 11.7. The van der Waals surface area contributed by atoms with E-state index in [9.17, 15) is 0 Å². The lowest BCUT2D eigenvalue weighted by molar-refractivity contribution is 0.138. The van der Waals surface area contributed by atoms with Gasteiger partial charge in [0.1, 0.15) is 12.4 Å². The highest BCUT2D eigenvalue weighted by atomic mass is 32.1. The summed E-state index contributed by atoms with van der Waals surface area (Å²) in [5.41, 5.74) is 9.01. The van der Waals surface area contributed by atoms with Gasteiger partial charge in [-0.1, -0.05) is 49.3 Å². The third-order valence-electron chi connectivity index (χ3n) is 4.79. The van der Waals surface area contributed by atoms with Crippen LogP contribution in [0.3, 0.4) is 0 Å². The van der Waals surface area contributed by atoms with Crippen molar-refractivity contribution in [2.75, 3.05) is 13.2 Å². The van der Waals surface area contributed by atoms with Crippen LogP contribution in [0.25, 0.3) is 11.3 Å². The average molecular weight is 438 g/mol. The first-order valence-electron chi connectivity index (χ1n) is 10.8. The van der Waals surface area contributed by atoms with Crippen molar-refractivity contribution in [3.8, 4) is 17.0 Å². The van der Waals surface area contributed by atoms with E-state index in [2.05, 4.69) is 38.1 Å². The number of ether oxygens (including phenoxy) is 1. The molecular formula is C25H31N3O2S. The molecule has 0 amide bonds. The highest BCUT2D eigenvalue weighted by Gasteiger charge is 2.14. The number of nitrogens with zero attached hydrogens (tertiary/aromatic N) is 2. The number of hydrogen-bond acceptors (Lipinski definition) is 5. The van der Waals surface area contributed by atoms with Gasteiger partial charge >= 0.3 is 0 Å². The van der Waals surface area contributed by atoms with Crippen molar-refractivity contribution in [1.82, 2.24) is 4.98 Å². The van der Waals surface area contributed by atoms with E-state index in [1.54, 1.807) is 11.3 Å². The Kier molecular flexibility index (Phi) is 8.47. The molecule has 1 aromatic heterocycles. The molecule has 31 heavy (non-hydrogen) atoms. The summed E-state index contributed by atoms with van der Waals surface area (Å²) in [5, 5.41) is 5.08. The van der Waals surface area contributed by atoms with Gasteiger partial charge in [-0.2, -0.15) is 0 Å². The van der Waals surface area contributed by atoms with E-state index in [4.69, 9.17) is 20.3 Å². The van der Waals surface area contributed by atoms with Gasteiger partial charge in [-0.05, 0) is 56.4 Å². The first-order valence-corrected chi connectivity index (χ1v) is 11.6. The molecule has 0 atom stereocenters. The van der Waals surface area contributed by atoms with Gasteiger partial charge in [0.2, 0.25) is 0 Å². The predicted octanol–water partition coefficient (Wildman–Crippen LogP) is 6.13. The number of aromatic nitrogens is 1. The van der Waals surface area contributed by atoms with E-state index in [0.717, 1.165) is 46.8 Å². The molecule has 164 valence electrons. The zero-order chi connectivity index (χ0) is 22.1. The summed E-state index contributed by atoms with van der Waals surface area (Å²) in [7, 11) is 0. The Morgan fingerprint density at radius 2 is 1.71 bits per heavy atom. The molecular weight excluding hydrogens is 406 g/mol. The Morgan fingerprint density at radius 1 is 1.00 bits per heavy atom. The zero-order valence-corrected chi connectivity index (χ0v) is 19.3. The minimum absolute atomic E-state index is 0.403. The number of rotatable bonds is 11. The molecule has 0 saturated heterocycles. The summed E-state index contributed by atoms with van der Waals surface area (Å²) in [5.74, 6) is 1.76. The van der Waals surface area contributed by atoms with Crippen LogP contribution in [0.4, 0.5) is 0 Å². The Morgan fingerprint density at radius 3 is 2.42 bits per heavy atom. The van der Waals surface area contributed by atoms with Crippen molar-refractivity contribution < 1.29 is 9.57 Å². The SMILES string of the molecule is Cc1nc(-c2ccc(OCCCCCON=C(N)c3ccccc3)cc2)c(C(C)C)s1. The van der Waals surface area contributed by atoms with Gasteiger partial charge < -0.3 is 15.3 Å². The fraction of sp³-hybridized carbons (Fsp3) is 0.360. The summed E-state index contributed by atoms with van der Waals surface area (Å²) in [6.45, 7) is 7.72. The highest BCUT2D eigenvalue weighted by Crippen LogP contribution is 2.34. The summed E-state index contributed by atoms with van der Waals surface area (Å²) >= 11 is 1.78. The van der Waals surface area contributed by atoms with Crippen LogP contribution in [0.1, 0.15) is 54.5 Å². The van der Waals surface area contributed by atoms with Crippen molar-refractivity contribution in [2.45, 2.75) is 46.0 Å². The molecule has 0 aliphatic heterocycles. The number of oxime groups is 1. The summed E-state index contributed by atoms with van der Waals surface area (Å²) in [6.07, 6.45) is 2.88. The van der Waals surface area contributed by atoms with Crippen molar-refractivity contribution >= 4 is 17.2 Å². The Balaban J connectivity index is 1.35. The number of hydrogen-bond donors (Lipinski definition) is 1. The average Bonchev–Trinajstić information content (AvgIpc) is 3.18. The summed E-state index contributed by atoms with van der Waals surface area (Å²) < 4.78 is 5.88. The van der Waals surface area contributed by atoms with Crippen LogP contribution in [-0.4, -0.2) is 24.0 Å². The van der Waals surface area contributed by atoms with Gasteiger partial charge in [0.25, 0.3) is 0 Å². The molecule has 5 nitrogen and oxygen atoms in total. The quantitative estimate of drug-likeness (QED) is 0.170. The molecule has 0 bridgehead atoms. The van der Waals surface area contributed by atoms with Gasteiger partial charge in [-0.3, -0.25) is 0 Å². The van der Waals surface area contributed by atoms with Crippen LogP contribution < -0.4 is 10.5 Å². The molecule has 1 heterocycles.